The molecule has 0 radical (unpaired) electrons. The summed E-state index contributed by atoms with van der Waals surface area (Å²) in [6, 6.07) is 8.89. The van der Waals surface area contributed by atoms with Gasteiger partial charge in [0.2, 0.25) is 0 Å². The minimum atomic E-state index is 0.605. The number of nitriles is 1. The van der Waals surface area contributed by atoms with Gasteiger partial charge in [-0.05, 0) is 43.5 Å². The van der Waals surface area contributed by atoms with E-state index in [0.717, 1.165) is 41.3 Å². The Kier molecular flexibility index (Phi) is 3.27. The Morgan fingerprint density at radius 2 is 2.28 bits per heavy atom. The molecule has 2 aliphatic rings. The van der Waals surface area contributed by atoms with Crippen LogP contribution in [0.15, 0.2) is 22.7 Å². The largest absolute Gasteiger partial charge is 0.369 e. The monoisotopic (exact) mass is 305 g/mol. The average Bonchev–Trinajstić information content (AvgIpc) is 2.82. The molecule has 0 amide bonds. The van der Waals surface area contributed by atoms with Crippen LogP contribution in [0.2, 0.25) is 0 Å². The number of nitrogens with one attached hydrogen (secondary N) is 1. The number of anilines is 1. The van der Waals surface area contributed by atoms with Crippen molar-refractivity contribution in [3.63, 3.8) is 0 Å². The zero-order valence-electron chi connectivity index (χ0n) is 10.2. The third-order valence-electron chi connectivity index (χ3n) is 4.02. The van der Waals surface area contributed by atoms with Gasteiger partial charge in [-0.15, -0.1) is 0 Å². The number of benzene rings is 1. The van der Waals surface area contributed by atoms with E-state index in [1.165, 1.54) is 12.8 Å². The van der Waals surface area contributed by atoms with Gasteiger partial charge in [0, 0.05) is 23.6 Å². The van der Waals surface area contributed by atoms with E-state index in [1.807, 2.05) is 12.1 Å². The van der Waals surface area contributed by atoms with Gasteiger partial charge >= 0.3 is 0 Å². The molecule has 3 nitrogen and oxygen atoms in total. The normalized spacial score (nSPS) is 26.8. The van der Waals surface area contributed by atoms with E-state index in [-0.39, 0.29) is 0 Å². The second-order valence-corrected chi connectivity index (χ2v) is 6.06. The third kappa shape index (κ3) is 2.13. The summed E-state index contributed by atoms with van der Waals surface area (Å²) in [4.78, 5) is 2.36. The van der Waals surface area contributed by atoms with E-state index in [4.69, 9.17) is 0 Å². The first-order valence-electron chi connectivity index (χ1n) is 6.46. The van der Waals surface area contributed by atoms with E-state index < -0.39 is 0 Å². The number of hydrogen-bond donors (Lipinski definition) is 1. The Hall–Kier alpha value is -1.05. The molecular weight excluding hydrogens is 290 g/mol. The molecule has 0 saturated carbocycles. The van der Waals surface area contributed by atoms with Crippen LogP contribution in [0.4, 0.5) is 5.69 Å². The van der Waals surface area contributed by atoms with Crippen LogP contribution in [0.1, 0.15) is 18.4 Å². The second kappa shape index (κ2) is 4.91. The van der Waals surface area contributed by atoms with Gasteiger partial charge in [-0.3, -0.25) is 0 Å². The zero-order chi connectivity index (χ0) is 12.5. The number of fused-ring (bicyclic) bond motifs is 1. The first kappa shape index (κ1) is 12.0. The summed E-state index contributed by atoms with van der Waals surface area (Å²) in [7, 11) is 0. The molecule has 0 spiro atoms. The standard InChI is InChI=1S/C14H16BrN3/c15-12-3-4-14(11(6-12)7-16)18-8-10-2-1-5-17-13(10)9-18/h3-4,6,10,13,17H,1-2,5,8-9H2/t10-,13+/m0/s1. The number of halogens is 1. The molecule has 1 aromatic rings. The van der Waals surface area contributed by atoms with Gasteiger partial charge in [0.15, 0.2) is 0 Å². The van der Waals surface area contributed by atoms with Gasteiger partial charge in [0.25, 0.3) is 0 Å². The highest BCUT2D eigenvalue weighted by molar-refractivity contribution is 9.10. The maximum absolute atomic E-state index is 9.25. The summed E-state index contributed by atoms with van der Waals surface area (Å²) in [6.07, 6.45) is 2.59. The summed E-state index contributed by atoms with van der Waals surface area (Å²) in [5.41, 5.74) is 1.85. The molecule has 2 saturated heterocycles. The third-order valence-corrected chi connectivity index (χ3v) is 4.51. The van der Waals surface area contributed by atoms with E-state index in [0.29, 0.717) is 6.04 Å². The predicted octanol–water partition coefficient (Wildman–Crippen LogP) is 2.51. The fourth-order valence-electron chi connectivity index (χ4n) is 3.12. The minimum absolute atomic E-state index is 0.605. The SMILES string of the molecule is N#Cc1cc(Br)ccc1N1C[C@@H]2CCCN[C@@H]2C1. The van der Waals surface area contributed by atoms with Crippen LogP contribution in [-0.4, -0.2) is 25.7 Å². The Balaban J connectivity index is 1.86. The number of nitrogens with zero attached hydrogens (tertiary/aromatic N) is 2. The van der Waals surface area contributed by atoms with E-state index in [2.05, 4.69) is 38.3 Å². The van der Waals surface area contributed by atoms with Crippen molar-refractivity contribution in [2.75, 3.05) is 24.5 Å². The van der Waals surface area contributed by atoms with Gasteiger partial charge in [0.1, 0.15) is 6.07 Å². The lowest BCUT2D eigenvalue weighted by Crippen LogP contribution is -2.40. The Morgan fingerprint density at radius 1 is 1.39 bits per heavy atom. The number of piperidine rings is 1. The molecule has 0 unspecified atom stereocenters. The predicted molar refractivity (Wildman–Crippen MR) is 75.6 cm³/mol. The molecule has 0 bridgehead atoms. The van der Waals surface area contributed by atoms with Gasteiger partial charge < -0.3 is 10.2 Å². The molecule has 2 aliphatic heterocycles. The highest BCUT2D eigenvalue weighted by Crippen LogP contribution is 2.32. The first-order chi connectivity index (χ1) is 8.78. The first-order valence-corrected chi connectivity index (χ1v) is 7.25. The summed E-state index contributed by atoms with van der Waals surface area (Å²) in [6.45, 7) is 3.25. The van der Waals surface area contributed by atoms with Crippen molar-refractivity contribution in [2.24, 2.45) is 5.92 Å². The molecule has 94 valence electrons. The summed E-state index contributed by atoms with van der Waals surface area (Å²) >= 11 is 3.42. The number of hydrogen-bond acceptors (Lipinski definition) is 3. The van der Waals surface area contributed by atoms with Crippen molar-refractivity contribution in [2.45, 2.75) is 18.9 Å². The van der Waals surface area contributed by atoms with Crippen molar-refractivity contribution >= 4 is 21.6 Å². The summed E-state index contributed by atoms with van der Waals surface area (Å²) in [5.74, 6) is 0.744. The molecule has 18 heavy (non-hydrogen) atoms. The lowest BCUT2D eigenvalue weighted by atomic mass is 9.94. The van der Waals surface area contributed by atoms with Crippen LogP contribution in [0.5, 0.6) is 0 Å². The van der Waals surface area contributed by atoms with Crippen molar-refractivity contribution in [1.82, 2.24) is 5.32 Å². The van der Waals surface area contributed by atoms with E-state index >= 15 is 0 Å². The quantitative estimate of drug-likeness (QED) is 0.866. The van der Waals surface area contributed by atoms with Crippen LogP contribution in [0.3, 0.4) is 0 Å². The highest BCUT2D eigenvalue weighted by Gasteiger charge is 2.34. The van der Waals surface area contributed by atoms with Crippen molar-refractivity contribution in [1.29, 1.82) is 5.26 Å². The van der Waals surface area contributed by atoms with Gasteiger partial charge in [-0.2, -0.15) is 5.26 Å². The zero-order valence-corrected chi connectivity index (χ0v) is 11.8. The van der Waals surface area contributed by atoms with Crippen LogP contribution >= 0.6 is 15.9 Å². The van der Waals surface area contributed by atoms with Crippen molar-refractivity contribution < 1.29 is 0 Å². The highest BCUT2D eigenvalue weighted by atomic mass is 79.9. The van der Waals surface area contributed by atoms with Crippen LogP contribution in [0.25, 0.3) is 0 Å². The van der Waals surface area contributed by atoms with Crippen LogP contribution < -0.4 is 10.2 Å². The smallest absolute Gasteiger partial charge is 0.101 e. The average molecular weight is 306 g/mol. The van der Waals surface area contributed by atoms with Crippen molar-refractivity contribution in [3.8, 4) is 6.07 Å². The molecule has 3 rings (SSSR count). The Bertz CT molecular complexity index is 480. The van der Waals surface area contributed by atoms with Crippen LogP contribution in [-0.2, 0) is 0 Å². The number of rotatable bonds is 1. The molecule has 2 heterocycles. The topological polar surface area (TPSA) is 39.1 Å². The molecule has 1 N–H and O–H groups in total. The van der Waals surface area contributed by atoms with Gasteiger partial charge in [0.05, 0.1) is 11.3 Å². The van der Waals surface area contributed by atoms with Gasteiger partial charge in [-0.25, -0.2) is 0 Å². The van der Waals surface area contributed by atoms with E-state index in [1.54, 1.807) is 0 Å². The fraction of sp³-hybridized carbons (Fsp3) is 0.500. The molecule has 2 fully saturated rings. The molecule has 1 aromatic carbocycles. The lowest BCUT2D eigenvalue weighted by Gasteiger charge is -2.24. The van der Waals surface area contributed by atoms with Crippen molar-refractivity contribution in [3.05, 3.63) is 28.2 Å². The fourth-order valence-corrected chi connectivity index (χ4v) is 3.48. The molecule has 0 aliphatic carbocycles. The Labute approximate surface area is 116 Å². The minimum Gasteiger partial charge on any atom is -0.369 e. The summed E-state index contributed by atoms with van der Waals surface area (Å²) < 4.78 is 0.970. The second-order valence-electron chi connectivity index (χ2n) is 5.14. The lowest BCUT2D eigenvalue weighted by molar-refractivity contribution is 0.340. The Morgan fingerprint density at radius 3 is 3.06 bits per heavy atom. The molecular formula is C14H16BrN3. The van der Waals surface area contributed by atoms with Crippen LogP contribution in [0, 0.1) is 17.2 Å². The van der Waals surface area contributed by atoms with E-state index in [9.17, 15) is 5.26 Å². The van der Waals surface area contributed by atoms with Gasteiger partial charge in [-0.1, -0.05) is 15.9 Å². The molecule has 4 heteroatoms. The molecule has 0 aromatic heterocycles. The summed E-state index contributed by atoms with van der Waals surface area (Å²) in [5, 5.41) is 12.8. The maximum Gasteiger partial charge on any atom is 0.101 e. The maximum atomic E-state index is 9.25. The molecule has 2 atom stereocenters.